The summed E-state index contributed by atoms with van der Waals surface area (Å²) in [5.74, 6) is 1.64. The normalized spacial score (nSPS) is 13.1. The van der Waals surface area contributed by atoms with Gasteiger partial charge < -0.3 is 20.1 Å². The molecule has 0 unspecified atom stereocenters. The fourth-order valence-electron chi connectivity index (χ4n) is 3.06. The van der Waals surface area contributed by atoms with E-state index >= 15 is 0 Å². The highest BCUT2D eigenvalue weighted by Crippen LogP contribution is 2.24. The average molecular weight is 423 g/mol. The van der Waals surface area contributed by atoms with E-state index in [0.29, 0.717) is 16.8 Å². The fraction of sp³-hybridized carbons (Fsp3) is 0.500. The van der Waals surface area contributed by atoms with E-state index in [4.69, 9.17) is 33.9 Å². The van der Waals surface area contributed by atoms with Crippen molar-refractivity contribution < 1.29 is 9.47 Å². The van der Waals surface area contributed by atoms with Gasteiger partial charge in [0.25, 0.3) is 0 Å². The van der Waals surface area contributed by atoms with Crippen molar-refractivity contribution >= 4 is 34.7 Å². The Kier molecular flexibility index (Phi) is 9.85. The third kappa shape index (κ3) is 7.90. The summed E-state index contributed by atoms with van der Waals surface area (Å²) in [6.45, 7) is 1.49. The van der Waals surface area contributed by atoms with Gasteiger partial charge in [0.15, 0.2) is 10.2 Å². The first-order valence-electron chi connectivity index (χ1n) is 9.59. The first-order valence-corrected chi connectivity index (χ1v) is 10.4. The molecule has 0 aromatic heterocycles. The van der Waals surface area contributed by atoms with Crippen molar-refractivity contribution in [2.24, 2.45) is 0 Å². The second kappa shape index (κ2) is 12.4. The Morgan fingerprint density at radius 3 is 2.29 bits per heavy atom. The Morgan fingerprint density at radius 2 is 1.68 bits per heavy atom. The maximum atomic E-state index is 5.39. The summed E-state index contributed by atoms with van der Waals surface area (Å²) in [5.41, 5.74) is 8.40. The minimum absolute atomic E-state index is 0.487. The van der Waals surface area contributed by atoms with Crippen LogP contribution in [-0.4, -0.2) is 37.5 Å². The van der Waals surface area contributed by atoms with Gasteiger partial charge in [-0.05, 0) is 86.7 Å². The number of benzene rings is 1. The Labute approximate surface area is 178 Å². The molecule has 1 aromatic rings. The number of hydrazine groups is 1. The first-order chi connectivity index (χ1) is 13.6. The van der Waals surface area contributed by atoms with Gasteiger partial charge in [-0.3, -0.25) is 10.9 Å². The molecule has 0 heterocycles. The van der Waals surface area contributed by atoms with Crippen LogP contribution in [0.1, 0.15) is 37.7 Å². The molecule has 0 atom stereocenters. The standard InChI is InChI=1S/C20H30N4O2S2/c1-25-17-8-9-18(26-2)16(14-17)11-13-22-20(28)24-23-19(27)21-12-10-15-6-4-3-5-7-15/h6,8-9,14H,3-5,7,10-13H2,1-2H3,(H2,21,23,27)(H2,22,24,28). The summed E-state index contributed by atoms with van der Waals surface area (Å²) in [6.07, 6.45) is 9.18. The summed E-state index contributed by atoms with van der Waals surface area (Å²) in [5, 5.41) is 7.37. The van der Waals surface area contributed by atoms with E-state index in [9.17, 15) is 0 Å². The maximum Gasteiger partial charge on any atom is 0.185 e. The lowest BCUT2D eigenvalue weighted by molar-refractivity contribution is 0.398. The number of ether oxygens (including phenoxy) is 2. The molecule has 0 fully saturated rings. The van der Waals surface area contributed by atoms with Crippen LogP contribution in [0.25, 0.3) is 0 Å². The molecule has 2 rings (SSSR count). The van der Waals surface area contributed by atoms with Crippen LogP contribution in [0.5, 0.6) is 11.5 Å². The Balaban J connectivity index is 1.62. The highest BCUT2D eigenvalue weighted by molar-refractivity contribution is 7.80. The summed E-state index contributed by atoms with van der Waals surface area (Å²) in [6, 6.07) is 5.75. The van der Waals surface area contributed by atoms with Gasteiger partial charge in [-0.15, -0.1) is 0 Å². The Hall–Kier alpha value is -2.06. The molecule has 1 aromatic carbocycles. The summed E-state index contributed by atoms with van der Waals surface area (Å²) < 4.78 is 10.7. The van der Waals surface area contributed by atoms with E-state index in [-0.39, 0.29) is 0 Å². The van der Waals surface area contributed by atoms with Gasteiger partial charge in [0.05, 0.1) is 14.2 Å². The largest absolute Gasteiger partial charge is 0.497 e. The summed E-state index contributed by atoms with van der Waals surface area (Å²) in [4.78, 5) is 0. The third-order valence-electron chi connectivity index (χ3n) is 4.57. The number of allylic oxidation sites excluding steroid dienone is 1. The Bertz CT molecular complexity index is 695. The molecule has 0 saturated carbocycles. The van der Waals surface area contributed by atoms with Crippen molar-refractivity contribution in [3.05, 3.63) is 35.4 Å². The van der Waals surface area contributed by atoms with Crippen LogP contribution in [0, 0.1) is 0 Å². The van der Waals surface area contributed by atoms with E-state index < -0.39 is 0 Å². The van der Waals surface area contributed by atoms with Crippen LogP contribution in [0.15, 0.2) is 29.8 Å². The van der Waals surface area contributed by atoms with Crippen molar-refractivity contribution in [3.63, 3.8) is 0 Å². The highest BCUT2D eigenvalue weighted by atomic mass is 32.1. The molecular formula is C20H30N4O2S2. The molecule has 0 amide bonds. The van der Waals surface area contributed by atoms with Gasteiger partial charge in [-0.25, -0.2) is 0 Å². The van der Waals surface area contributed by atoms with Crippen LogP contribution in [-0.2, 0) is 6.42 Å². The van der Waals surface area contributed by atoms with Crippen LogP contribution < -0.4 is 31.0 Å². The molecule has 8 heteroatoms. The van der Waals surface area contributed by atoms with Crippen LogP contribution >= 0.6 is 24.4 Å². The SMILES string of the molecule is COc1ccc(OC)c(CCNC(=S)NNC(=S)NCCC2=CCCCC2)c1. The summed E-state index contributed by atoms with van der Waals surface area (Å²) >= 11 is 10.5. The zero-order valence-electron chi connectivity index (χ0n) is 16.6. The number of nitrogens with one attached hydrogen (secondary N) is 4. The topological polar surface area (TPSA) is 66.6 Å². The fourth-order valence-corrected chi connectivity index (χ4v) is 3.36. The van der Waals surface area contributed by atoms with E-state index in [0.717, 1.165) is 36.4 Å². The van der Waals surface area contributed by atoms with Crippen molar-refractivity contribution in [2.45, 2.75) is 38.5 Å². The minimum Gasteiger partial charge on any atom is -0.497 e. The molecule has 0 aliphatic heterocycles. The quantitative estimate of drug-likeness (QED) is 0.290. The molecule has 0 radical (unpaired) electrons. The molecule has 0 saturated heterocycles. The summed E-state index contributed by atoms with van der Waals surface area (Å²) in [7, 11) is 3.31. The average Bonchev–Trinajstić information content (AvgIpc) is 2.73. The van der Waals surface area contributed by atoms with Crippen LogP contribution in [0.4, 0.5) is 0 Å². The minimum atomic E-state index is 0.487. The van der Waals surface area contributed by atoms with Gasteiger partial charge in [0, 0.05) is 13.1 Å². The van der Waals surface area contributed by atoms with Crippen molar-refractivity contribution in [3.8, 4) is 11.5 Å². The second-order valence-electron chi connectivity index (χ2n) is 6.55. The molecule has 1 aliphatic carbocycles. The number of rotatable bonds is 8. The monoisotopic (exact) mass is 422 g/mol. The molecule has 0 bridgehead atoms. The van der Waals surface area contributed by atoms with E-state index in [1.165, 1.54) is 31.3 Å². The molecule has 28 heavy (non-hydrogen) atoms. The van der Waals surface area contributed by atoms with Gasteiger partial charge in [-0.2, -0.15) is 0 Å². The lowest BCUT2D eigenvalue weighted by Crippen LogP contribution is -2.50. The second-order valence-corrected chi connectivity index (χ2v) is 7.36. The molecule has 4 N–H and O–H groups in total. The number of methoxy groups -OCH3 is 2. The van der Waals surface area contributed by atoms with Crippen molar-refractivity contribution in [1.82, 2.24) is 21.5 Å². The third-order valence-corrected chi connectivity index (χ3v) is 5.07. The lowest BCUT2D eigenvalue weighted by atomic mass is 9.97. The maximum absolute atomic E-state index is 5.39. The molecular weight excluding hydrogens is 392 g/mol. The number of thiocarbonyl (C=S) groups is 2. The lowest BCUT2D eigenvalue weighted by Gasteiger charge is -2.16. The van der Waals surface area contributed by atoms with E-state index in [1.807, 2.05) is 18.2 Å². The van der Waals surface area contributed by atoms with Crippen molar-refractivity contribution in [2.75, 3.05) is 27.3 Å². The van der Waals surface area contributed by atoms with Gasteiger partial charge in [-0.1, -0.05) is 11.6 Å². The number of hydrogen-bond acceptors (Lipinski definition) is 4. The van der Waals surface area contributed by atoms with Gasteiger partial charge in [0.1, 0.15) is 11.5 Å². The molecule has 1 aliphatic rings. The zero-order chi connectivity index (χ0) is 20.2. The molecule has 154 valence electrons. The first kappa shape index (κ1) is 22.2. The predicted molar refractivity (Wildman–Crippen MR) is 122 cm³/mol. The predicted octanol–water partition coefficient (Wildman–Crippen LogP) is 2.98. The van der Waals surface area contributed by atoms with Crippen molar-refractivity contribution in [1.29, 1.82) is 0 Å². The smallest absolute Gasteiger partial charge is 0.185 e. The highest BCUT2D eigenvalue weighted by Gasteiger charge is 2.06. The van der Waals surface area contributed by atoms with E-state index in [2.05, 4.69) is 27.6 Å². The molecule has 0 spiro atoms. The zero-order valence-corrected chi connectivity index (χ0v) is 18.2. The number of hydrogen-bond donors (Lipinski definition) is 4. The molecule has 6 nitrogen and oxygen atoms in total. The van der Waals surface area contributed by atoms with Crippen LogP contribution in [0.2, 0.25) is 0 Å². The van der Waals surface area contributed by atoms with Gasteiger partial charge in [0.2, 0.25) is 0 Å². The Morgan fingerprint density at radius 1 is 0.964 bits per heavy atom. The van der Waals surface area contributed by atoms with Crippen LogP contribution in [0.3, 0.4) is 0 Å². The van der Waals surface area contributed by atoms with E-state index in [1.54, 1.807) is 14.2 Å². The van der Waals surface area contributed by atoms with Gasteiger partial charge >= 0.3 is 0 Å².